The fraction of sp³-hybridized carbons (Fsp3) is 0.529. The summed E-state index contributed by atoms with van der Waals surface area (Å²) in [5.74, 6) is 1.10. The van der Waals surface area contributed by atoms with Crippen molar-refractivity contribution in [1.82, 2.24) is 5.32 Å². The van der Waals surface area contributed by atoms with E-state index >= 15 is 0 Å². The second-order valence-electron chi connectivity index (χ2n) is 6.43. The first-order chi connectivity index (χ1) is 10.9. The molecule has 0 aromatic heterocycles. The first-order valence-corrected chi connectivity index (χ1v) is 7.91. The molecule has 1 aliphatic carbocycles. The molecule has 6 nitrogen and oxygen atoms in total. The number of anilines is 1. The Kier molecular flexibility index (Phi) is 3.92. The number of amides is 2. The number of hydrogen-bond acceptors (Lipinski definition) is 3. The van der Waals surface area contributed by atoms with Crippen LogP contribution in [0.4, 0.5) is 10.5 Å². The van der Waals surface area contributed by atoms with Crippen molar-refractivity contribution >= 4 is 17.7 Å². The van der Waals surface area contributed by atoms with Crippen LogP contribution < -0.4 is 15.0 Å². The number of ether oxygens (including phenoxy) is 1. The zero-order chi connectivity index (χ0) is 16.7. The molecule has 1 aromatic rings. The smallest absolute Gasteiger partial charge is 0.405 e. The number of rotatable bonds is 3. The lowest BCUT2D eigenvalue weighted by Crippen LogP contribution is -2.53. The van der Waals surface area contributed by atoms with E-state index in [2.05, 4.69) is 5.32 Å². The molecule has 0 spiro atoms. The van der Waals surface area contributed by atoms with Crippen molar-refractivity contribution in [3.05, 3.63) is 23.8 Å². The third-order valence-corrected chi connectivity index (χ3v) is 4.92. The zero-order valence-electron chi connectivity index (χ0n) is 13.6. The highest BCUT2D eigenvalue weighted by atomic mass is 16.5. The second-order valence-corrected chi connectivity index (χ2v) is 6.43. The van der Waals surface area contributed by atoms with Crippen molar-refractivity contribution in [1.29, 1.82) is 0 Å². The Balaban J connectivity index is 2.13. The molecule has 6 heteroatoms. The minimum Gasteiger partial charge on any atom is -0.497 e. The van der Waals surface area contributed by atoms with Gasteiger partial charge in [0.05, 0.1) is 18.8 Å². The predicted octanol–water partition coefficient (Wildman–Crippen LogP) is 2.79. The number of carbonyl (C=O) groups excluding carboxylic acids is 1. The lowest BCUT2D eigenvalue weighted by Gasteiger charge is -2.45. The number of carboxylic acid groups (broad SMARTS) is 1. The van der Waals surface area contributed by atoms with Crippen LogP contribution in [-0.4, -0.2) is 30.3 Å². The molecular formula is C17H22N2O4. The third-order valence-electron chi connectivity index (χ3n) is 4.92. The molecule has 23 heavy (non-hydrogen) atoms. The Morgan fingerprint density at radius 3 is 2.57 bits per heavy atom. The Labute approximate surface area is 135 Å². The van der Waals surface area contributed by atoms with Gasteiger partial charge in [0.2, 0.25) is 5.91 Å². The van der Waals surface area contributed by atoms with Gasteiger partial charge in [0.1, 0.15) is 5.75 Å². The number of fused-ring (bicyclic) bond motifs is 1. The van der Waals surface area contributed by atoms with Crippen molar-refractivity contribution in [3.63, 3.8) is 0 Å². The number of methoxy groups -OCH3 is 1. The lowest BCUT2D eigenvalue weighted by molar-refractivity contribution is -0.117. The van der Waals surface area contributed by atoms with E-state index in [1.165, 1.54) is 0 Å². The summed E-state index contributed by atoms with van der Waals surface area (Å²) in [4.78, 5) is 25.4. The molecule has 3 atom stereocenters. The van der Waals surface area contributed by atoms with Gasteiger partial charge >= 0.3 is 6.09 Å². The highest BCUT2D eigenvalue weighted by Gasteiger charge is 2.47. The quantitative estimate of drug-likeness (QED) is 0.898. The van der Waals surface area contributed by atoms with Crippen molar-refractivity contribution in [2.24, 2.45) is 11.8 Å². The molecule has 2 aliphatic rings. The molecule has 2 N–H and O–H groups in total. The fourth-order valence-electron chi connectivity index (χ4n) is 3.80. The predicted molar refractivity (Wildman–Crippen MR) is 85.7 cm³/mol. The van der Waals surface area contributed by atoms with Crippen molar-refractivity contribution in [3.8, 4) is 5.75 Å². The molecule has 0 bridgehead atoms. The summed E-state index contributed by atoms with van der Waals surface area (Å²) in [6.45, 7) is 3.59. The van der Waals surface area contributed by atoms with E-state index < -0.39 is 6.09 Å². The fourth-order valence-corrected chi connectivity index (χ4v) is 3.80. The Bertz CT molecular complexity index is 641. The SMILES string of the molecule is COc1ccc2c(c1)N(C(C)=O)[C@@H](C1CC1)[C@H](C)[C@H]2NC(=O)O. The lowest BCUT2D eigenvalue weighted by atomic mass is 9.80. The van der Waals surface area contributed by atoms with E-state index in [9.17, 15) is 14.7 Å². The van der Waals surface area contributed by atoms with Crippen LogP contribution in [-0.2, 0) is 4.79 Å². The van der Waals surface area contributed by atoms with Crippen LogP contribution >= 0.6 is 0 Å². The molecule has 3 rings (SSSR count). The number of benzene rings is 1. The van der Waals surface area contributed by atoms with Crippen LogP contribution in [0.1, 0.15) is 38.3 Å². The van der Waals surface area contributed by atoms with Gasteiger partial charge in [0, 0.05) is 24.9 Å². The summed E-state index contributed by atoms with van der Waals surface area (Å²) in [6, 6.07) is 5.18. The van der Waals surface area contributed by atoms with Gasteiger partial charge in [-0.1, -0.05) is 13.0 Å². The van der Waals surface area contributed by atoms with Crippen LogP contribution in [0, 0.1) is 11.8 Å². The summed E-state index contributed by atoms with van der Waals surface area (Å²) < 4.78 is 5.29. The number of hydrogen-bond donors (Lipinski definition) is 2. The van der Waals surface area contributed by atoms with Gasteiger partial charge in [-0.2, -0.15) is 0 Å². The van der Waals surface area contributed by atoms with Crippen LogP contribution in [0.5, 0.6) is 5.75 Å². The van der Waals surface area contributed by atoms with Gasteiger partial charge in [-0.15, -0.1) is 0 Å². The summed E-state index contributed by atoms with van der Waals surface area (Å²) >= 11 is 0. The molecule has 1 fully saturated rings. The number of carbonyl (C=O) groups is 2. The summed E-state index contributed by atoms with van der Waals surface area (Å²) in [5, 5.41) is 11.8. The minimum atomic E-state index is -1.05. The van der Waals surface area contributed by atoms with Gasteiger partial charge in [-0.3, -0.25) is 4.79 Å². The van der Waals surface area contributed by atoms with Gasteiger partial charge in [-0.05, 0) is 30.4 Å². The number of nitrogens with zero attached hydrogens (tertiary/aromatic N) is 1. The van der Waals surface area contributed by atoms with Crippen molar-refractivity contribution in [2.45, 2.75) is 38.8 Å². The van der Waals surface area contributed by atoms with Gasteiger partial charge in [0.15, 0.2) is 0 Å². The summed E-state index contributed by atoms with van der Waals surface area (Å²) in [5.41, 5.74) is 1.58. The highest BCUT2D eigenvalue weighted by Crippen LogP contribution is 2.49. The monoisotopic (exact) mass is 318 g/mol. The van der Waals surface area contributed by atoms with E-state index in [1.54, 1.807) is 20.1 Å². The Hall–Kier alpha value is -2.24. The maximum atomic E-state index is 12.3. The van der Waals surface area contributed by atoms with Crippen LogP contribution in [0.3, 0.4) is 0 Å². The van der Waals surface area contributed by atoms with Crippen LogP contribution in [0.2, 0.25) is 0 Å². The molecule has 0 saturated heterocycles. The topological polar surface area (TPSA) is 78.9 Å². The molecule has 1 aromatic carbocycles. The van der Waals surface area contributed by atoms with Gasteiger partial charge in [0.25, 0.3) is 0 Å². The average Bonchev–Trinajstić information content (AvgIpc) is 3.32. The van der Waals surface area contributed by atoms with Crippen LogP contribution in [0.15, 0.2) is 18.2 Å². The van der Waals surface area contributed by atoms with E-state index in [0.29, 0.717) is 11.7 Å². The van der Waals surface area contributed by atoms with Crippen molar-refractivity contribution in [2.75, 3.05) is 12.0 Å². The highest BCUT2D eigenvalue weighted by molar-refractivity contribution is 5.94. The largest absolute Gasteiger partial charge is 0.497 e. The average molecular weight is 318 g/mol. The molecule has 0 unspecified atom stereocenters. The molecule has 124 valence electrons. The molecule has 1 aliphatic heterocycles. The van der Waals surface area contributed by atoms with E-state index in [0.717, 1.165) is 24.1 Å². The zero-order valence-corrected chi connectivity index (χ0v) is 13.6. The summed E-state index contributed by atoms with van der Waals surface area (Å²) in [7, 11) is 1.58. The minimum absolute atomic E-state index is 0.0166. The molecule has 2 amide bonds. The first-order valence-electron chi connectivity index (χ1n) is 7.91. The summed E-state index contributed by atoms with van der Waals surface area (Å²) in [6.07, 6.45) is 1.12. The van der Waals surface area contributed by atoms with E-state index in [4.69, 9.17) is 4.74 Å². The Morgan fingerprint density at radius 1 is 1.35 bits per heavy atom. The van der Waals surface area contributed by atoms with Gasteiger partial charge in [-0.25, -0.2) is 4.79 Å². The molecule has 1 heterocycles. The molecule has 0 radical (unpaired) electrons. The van der Waals surface area contributed by atoms with Crippen LogP contribution in [0.25, 0.3) is 0 Å². The van der Waals surface area contributed by atoms with E-state index in [1.807, 2.05) is 24.0 Å². The number of nitrogens with one attached hydrogen (secondary N) is 1. The first kappa shape index (κ1) is 15.6. The van der Waals surface area contributed by atoms with Crippen molar-refractivity contribution < 1.29 is 19.4 Å². The van der Waals surface area contributed by atoms with E-state index in [-0.39, 0.29) is 23.9 Å². The Morgan fingerprint density at radius 2 is 2.04 bits per heavy atom. The maximum absolute atomic E-state index is 12.3. The maximum Gasteiger partial charge on any atom is 0.405 e. The normalized spacial score (nSPS) is 26.4. The standard InChI is InChI=1S/C17H22N2O4/c1-9-15(18-17(21)22)13-7-6-12(23-3)8-14(13)19(10(2)20)16(9)11-4-5-11/h6-9,11,15-16,18H,4-5H2,1-3H3,(H,21,22)/t9-,15-,16-/m1/s1. The molecular weight excluding hydrogens is 296 g/mol. The second kappa shape index (κ2) is 5.76. The molecule has 1 saturated carbocycles. The van der Waals surface area contributed by atoms with Gasteiger partial charge < -0.3 is 20.1 Å². The third kappa shape index (κ3) is 2.73.